The quantitative estimate of drug-likeness (QED) is 0.306. The summed E-state index contributed by atoms with van der Waals surface area (Å²) in [4.78, 5) is 25.6. The van der Waals surface area contributed by atoms with Crippen molar-refractivity contribution in [3.63, 3.8) is 0 Å². The van der Waals surface area contributed by atoms with Crippen LogP contribution in [0.4, 0.5) is 0 Å². The molecule has 5 heteroatoms. The van der Waals surface area contributed by atoms with Crippen LogP contribution in [0, 0.1) is 4.91 Å². The van der Waals surface area contributed by atoms with Crippen molar-refractivity contribution in [2.24, 2.45) is 5.29 Å². The van der Waals surface area contributed by atoms with Gasteiger partial charge in [0.15, 0.2) is 5.78 Å². The molecule has 0 aliphatic carbocycles. The normalized spacial score (nSPS) is 9.81. The number of unbranched alkanes of at least 4 members (excludes halogenated alkanes) is 1. The third-order valence-corrected chi connectivity index (χ3v) is 2.26. The second-order valence-corrected chi connectivity index (χ2v) is 3.58. The highest BCUT2D eigenvalue weighted by Gasteiger charge is 2.05. The molecule has 0 aliphatic rings. The zero-order valence-electron chi connectivity index (χ0n) is 9.30. The van der Waals surface area contributed by atoms with Gasteiger partial charge in [0.1, 0.15) is 0 Å². The van der Waals surface area contributed by atoms with Crippen molar-refractivity contribution in [3.05, 3.63) is 35.0 Å². The number of hydrogen-bond donors (Lipinski definition) is 0. The number of nitroso groups, excluding NO2 is 1. The second-order valence-electron chi connectivity index (χ2n) is 3.58. The van der Waals surface area contributed by atoms with Crippen LogP contribution in [0.25, 0.3) is 0 Å². The van der Waals surface area contributed by atoms with Crippen LogP contribution in [-0.2, 0) is 0 Å². The predicted octanol–water partition coefficient (Wildman–Crippen LogP) is 2.05. The Morgan fingerprint density at radius 2 is 2.31 bits per heavy atom. The van der Waals surface area contributed by atoms with E-state index in [9.17, 15) is 9.70 Å². The van der Waals surface area contributed by atoms with Crippen molar-refractivity contribution in [2.75, 3.05) is 13.6 Å². The van der Waals surface area contributed by atoms with Crippen molar-refractivity contribution in [1.29, 1.82) is 0 Å². The molecule has 0 atom stereocenters. The number of nitrogens with zero attached hydrogens (tertiary/aromatic N) is 3. The molecule has 5 nitrogen and oxygen atoms in total. The largest absolute Gasteiger partial charge is 0.294 e. The van der Waals surface area contributed by atoms with Crippen LogP contribution in [0.1, 0.15) is 29.6 Å². The summed E-state index contributed by atoms with van der Waals surface area (Å²) in [6, 6.07) is 3.51. The maximum atomic E-state index is 11.6. The number of hydrogen-bond acceptors (Lipinski definition) is 4. The van der Waals surface area contributed by atoms with Gasteiger partial charge in [0.05, 0.1) is 5.29 Å². The van der Waals surface area contributed by atoms with E-state index >= 15 is 0 Å². The SMILES string of the molecule is CN(CCCCC(=O)c1cccnc1)N=O. The first-order valence-corrected chi connectivity index (χ1v) is 5.21. The summed E-state index contributed by atoms with van der Waals surface area (Å²) < 4.78 is 0. The first kappa shape index (κ1) is 12.3. The summed E-state index contributed by atoms with van der Waals surface area (Å²) in [6.45, 7) is 0.587. The second kappa shape index (κ2) is 6.66. The lowest BCUT2D eigenvalue weighted by molar-refractivity contribution is 0.0978. The molecular formula is C11H15N3O2. The number of carbonyl (C=O) groups excluding carboxylic acids is 1. The van der Waals surface area contributed by atoms with Crippen LogP contribution >= 0.6 is 0 Å². The molecule has 0 spiro atoms. The third kappa shape index (κ3) is 4.16. The number of ketones is 1. The van der Waals surface area contributed by atoms with Gasteiger partial charge >= 0.3 is 0 Å². The molecule has 1 rings (SSSR count). The molecule has 0 unspecified atom stereocenters. The van der Waals surface area contributed by atoms with E-state index in [2.05, 4.69) is 10.3 Å². The molecule has 0 aromatic carbocycles. The molecule has 1 aromatic heterocycles. The summed E-state index contributed by atoms with van der Waals surface area (Å²) in [5.41, 5.74) is 0.643. The van der Waals surface area contributed by atoms with Crippen LogP contribution in [0.3, 0.4) is 0 Å². The smallest absolute Gasteiger partial charge is 0.164 e. The molecule has 1 aromatic rings. The fraction of sp³-hybridized carbons (Fsp3) is 0.455. The van der Waals surface area contributed by atoms with Crippen LogP contribution in [0.5, 0.6) is 0 Å². The van der Waals surface area contributed by atoms with Gasteiger partial charge in [-0.15, -0.1) is 4.91 Å². The van der Waals surface area contributed by atoms with Gasteiger partial charge in [-0.2, -0.15) is 0 Å². The Hall–Kier alpha value is -1.78. The van der Waals surface area contributed by atoms with Gasteiger partial charge in [-0.25, -0.2) is 0 Å². The van der Waals surface area contributed by atoms with E-state index in [1.54, 1.807) is 31.6 Å². The maximum absolute atomic E-state index is 11.6. The molecular weight excluding hydrogens is 206 g/mol. The molecule has 86 valence electrons. The van der Waals surface area contributed by atoms with Crippen LogP contribution in [0.15, 0.2) is 29.8 Å². The van der Waals surface area contributed by atoms with E-state index in [0.29, 0.717) is 18.5 Å². The van der Waals surface area contributed by atoms with E-state index in [4.69, 9.17) is 0 Å². The summed E-state index contributed by atoms with van der Waals surface area (Å²) in [5.74, 6) is 0.0924. The van der Waals surface area contributed by atoms with E-state index in [1.807, 2.05) is 0 Å². The standard InChI is InChI=1S/C11H15N3O2/c1-14(13-16)8-3-2-6-11(15)10-5-4-7-12-9-10/h4-5,7,9H,2-3,6,8H2,1H3. The number of aromatic nitrogens is 1. The highest BCUT2D eigenvalue weighted by atomic mass is 16.3. The minimum absolute atomic E-state index is 0.0924. The molecule has 0 aliphatic heterocycles. The van der Waals surface area contributed by atoms with Crippen LogP contribution < -0.4 is 0 Å². The van der Waals surface area contributed by atoms with Crippen molar-refractivity contribution in [2.45, 2.75) is 19.3 Å². The fourth-order valence-corrected chi connectivity index (χ4v) is 1.34. The molecule has 0 bridgehead atoms. The molecule has 16 heavy (non-hydrogen) atoms. The fourth-order valence-electron chi connectivity index (χ4n) is 1.34. The Morgan fingerprint density at radius 1 is 1.50 bits per heavy atom. The Bertz CT molecular complexity index is 340. The first-order chi connectivity index (χ1) is 7.74. The summed E-state index contributed by atoms with van der Waals surface area (Å²) in [6.07, 6.45) is 5.24. The highest BCUT2D eigenvalue weighted by Crippen LogP contribution is 2.05. The molecule has 0 amide bonds. The van der Waals surface area contributed by atoms with Gasteiger partial charge in [0, 0.05) is 38.0 Å². The Morgan fingerprint density at radius 3 is 2.94 bits per heavy atom. The van der Waals surface area contributed by atoms with Crippen molar-refractivity contribution < 1.29 is 4.79 Å². The minimum atomic E-state index is 0.0924. The predicted molar refractivity (Wildman–Crippen MR) is 60.8 cm³/mol. The average Bonchev–Trinajstić information content (AvgIpc) is 2.35. The topological polar surface area (TPSA) is 62.6 Å². The van der Waals surface area contributed by atoms with Crippen LogP contribution in [0.2, 0.25) is 0 Å². The van der Waals surface area contributed by atoms with Gasteiger partial charge < -0.3 is 0 Å². The molecule has 1 heterocycles. The first-order valence-electron chi connectivity index (χ1n) is 5.21. The number of pyridine rings is 1. The Labute approximate surface area is 94.4 Å². The van der Waals surface area contributed by atoms with E-state index in [-0.39, 0.29) is 5.78 Å². The molecule has 0 radical (unpaired) electrons. The van der Waals surface area contributed by atoms with Gasteiger partial charge in [-0.1, -0.05) is 0 Å². The number of carbonyl (C=O) groups is 1. The van der Waals surface area contributed by atoms with Crippen molar-refractivity contribution >= 4 is 5.78 Å². The molecule has 0 fully saturated rings. The van der Waals surface area contributed by atoms with Gasteiger partial charge in [0.2, 0.25) is 0 Å². The summed E-state index contributed by atoms with van der Waals surface area (Å²) >= 11 is 0. The Balaban J connectivity index is 2.24. The minimum Gasteiger partial charge on any atom is -0.294 e. The zero-order valence-corrected chi connectivity index (χ0v) is 9.30. The zero-order chi connectivity index (χ0) is 11.8. The summed E-state index contributed by atoms with van der Waals surface area (Å²) in [5, 5.41) is 4.08. The average molecular weight is 221 g/mol. The van der Waals surface area contributed by atoms with Crippen molar-refractivity contribution in [3.8, 4) is 0 Å². The van der Waals surface area contributed by atoms with Crippen LogP contribution in [-0.4, -0.2) is 29.4 Å². The van der Waals surface area contributed by atoms with Gasteiger partial charge in [0.25, 0.3) is 0 Å². The maximum Gasteiger partial charge on any atom is 0.164 e. The number of Topliss-reactive ketones (excluding diaryl/α,β-unsaturated/α-hetero) is 1. The third-order valence-electron chi connectivity index (χ3n) is 2.26. The molecule has 0 saturated heterocycles. The van der Waals surface area contributed by atoms with E-state index < -0.39 is 0 Å². The lowest BCUT2D eigenvalue weighted by Gasteiger charge is -2.07. The lowest BCUT2D eigenvalue weighted by atomic mass is 10.1. The molecule has 0 saturated carbocycles. The highest BCUT2D eigenvalue weighted by molar-refractivity contribution is 5.95. The van der Waals surface area contributed by atoms with Crippen molar-refractivity contribution in [1.82, 2.24) is 9.99 Å². The van der Waals surface area contributed by atoms with Gasteiger partial charge in [-0.3, -0.25) is 14.8 Å². The number of rotatable bonds is 7. The van der Waals surface area contributed by atoms with E-state index in [0.717, 1.165) is 12.8 Å². The van der Waals surface area contributed by atoms with E-state index in [1.165, 1.54) is 5.01 Å². The lowest BCUT2D eigenvalue weighted by Crippen LogP contribution is -2.11. The van der Waals surface area contributed by atoms with Gasteiger partial charge in [-0.05, 0) is 25.0 Å². The Kier molecular flexibility index (Phi) is 5.11. The summed E-state index contributed by atoms with van der Waals surface area (Å²) in [7, 11) is 1.62. The molecule has 0 N–H and O–H groups in total. The monoisotopic (exact) mass is 221 g/mol.